The first-order chi connectivity index (χ1) is 9.54. The Morgan fingerprint density at radius 3 is 2.35 bits per heavy atom. The molecule has 0 aliphatic carbocycles. The molecule has 2 rings (SSSR count). The van der Waals surface area contributed by atoms with Gasteiger partial charge in [0, 0.05) is 5.69 Å². The molecular weight excluding hydrogens is 250 g/mol. The Balaban J connectivity index is 2.08. The van der Waals surface area contributed by atoms with E-state index >= 15 is 0 Å². The second-order valence-electron chi connectivity index (χ2n) is 5.03. The van der Waals surface area contributed by atoms with Crippen LogP contribution in [-0.4, -0.2) is 12.2 Å². The lowest BCUT2D eigenvalue weighted by atomic mass is 10.0. The average molecular weight is 269 g/mol. The molecule has 2 aromatic carbocycles. The highest BCUT2D eigenvalue weighted by Crippen LogP contribution is 2.22. The summed E-state index contributed by atoms with van der Waals surface area (Å²) in [6.45, 7) is 5.71. The van der Waals surface area contributed by atoms with Gasteiger partial charge >= 0.3 is 6.09 Å². The molecule has 104 valence electrons. The third kappa shape index (κ3) is 3.85. The Hall–Kier alpha value is -2.29. The third-order valence-electron chi connectivity index (χ3n) is 2.83. The van der Waals surface area contributed by atoms with Crippen LogP contribution in [0.2, 0.25) is 0 Å². The van der Waals surface area contributed by atoms with E-state index in [9.17, 15) is 4.79 Å². The first-order valence-electron chi connectivity index (χ1n) is 6.69. The topological polar surface area (TPSA) is 38.3 Å². The summed E-state index contributed by atoms with van der Waals surface area (Å²) in [7, 11) is 0. The van der Waals surface area contributed by atoms with Crippen molar-refractivity contribution in [2.45, 2.75) is 26.9 Å². The Bertz CT molecular complexity index is 588. The molecule has 0 spiro atoms. The molecule has 0 bridgehead atoms. The first-order valence-corrected chi connectivity index (χ1v) is 6.69. The molecule has 2 aromatic rings. The number of hydrogen-bond donors (Lipinski definition) is 1. The van der Waals surface area contributed by atoms with Crippen molar-refractivity contribution in [2.24, 2.45) is 0 Å². The average Bonchev–Trinajstić information content (AvgIpc) is 2.38. The van der Waals surface area contributed by atoms with Gasteiger partial charge < -0.3 is 4.74 Å². The fourth-order valence-corrected chi connectivity index (χ4v) is 1.93. The maximum absolute atomic E-state index is 11.5. The standard InChI is InChI=1S/C17H19NO2/c1-12(2)20-17(19)18-16-9-7-14(8-10-16)15-6-4-5-13(3)11-15/h4-12H,1-3H3,(H,18,19). The molecule has 0 heterocycles. The van der Waals surface area contributed by atoms with Gasteiger partial charge in [0.25, 0.3) is 0 Å². The Kier molecular flexibility index (Phi) is 4.41. The molecule has 0 aliphatic heterocycles. The second kappa shape index (κ2) is 6.24. The van der Waals surface area contributed by atoms with Gasteiger partial charge in [-0.05, 0) is 44.0 Å². The van der Waals surface area contributed by atoms with Crippen LogP contribution >= 0.6 is 0 Å². The van der Waals surface area contributed by atoms with Crippen molar-refractivity contribution in [1.29, 1.82) is 0 Å². The summed E-state index contributed by atoms with van der Waals surface area (Å²) >= 11 is 0. The van der Waals surface area contributed by atoms with Crippen LogP contribution < -0.4 is 5.32 Å². The van der Waals surface area contributed by atoms with E-state index < -0.39 is 6.09 Å². The number of amides is 1. The van der Waals surface area contributed by atoms with Crippen LogP contribution in [0, 0.1) is 6.92 Å². The van der Waals surface area contributed by atoms with Gasteiger partial charge in [-0.2, -0.15) is 0 Å². The summed E-state index contributed by atoms with van der Waals surface area (Å²) in [6.07, 6.45) is -0.551. The molecule has 1 N–H and O–H groups in total. The van der Waals surface area contributed by atoms with Crippen LogP contribution in [0.25, 0.3) is 11.1 Å². The minimum Gasteiger partial charge on any atom is -0.447 e. The van der Waals surface area contributed by atoms with Crippen molar-refractivity contribution in [3.05, 3.63) is 54.1 Å². The molecule has 0 saturated heterocycles. The molecule has 0 fully saturated rings. The molecule has 1 amide bonds. The molecule has 0 unspecified atom stereocenters. The number of carbonyl (C=O) groups excluding carboxylic acids is 1. The Morgan fingerprint density at radius 1 is 1.05 bits per heavy atom. The summed E-state index contributed by atoms with van der Waals surface area (Å²) in [5.41, 5.74) is 4.25. The van der Waals surface area contributed by atoms with Crippen LogP contribution in [0.5, 0.6) is 0 Å². The third-order valence-corrected chi connectivity index (χ3v) is 2.83. The fraction of sp³-hybridized carbons (Fsp3) is 0.235. The lowest BCUT2D eigenvalue weighted by Gasteiger charge is -2.10. The summed E-state index contributed by atoms with van der Waals surface area (Å²) in [5, 5.41) is 2.70. The van der Waals surface area contributed by atoms with Crippen molar-refractivity contribution < 1.29 is 9.53 Å². The lowest BCUT2D eigenvalue weighted by molar-refractivity contribution is 0.130. The maximum atomic E-state index is 11.5. The number of carbonyl (C=O) groups is 1. The van der Waals surface area contributed by atoms with Crippen LogP contribution in [0.15, 0.2) is 48.5 Å². The van der Waals surface area contributed by atoms with E-state index in [1.165, 1.54) is 11.1 Å². The quantitative estimate of drug-likeness (QED) is 0.883. The summed E-state index contributed by atoms with van der Waals surface area (Å²) in [4.78, 5) is 11.5. The van der Waals surface area contributed by atoms with E-state index in [2.05, 4.69) is 30.4 Å². The monoisotopic (exact) mass is 269 g/mol. The van der Waals surface area contributed by atoms with E-state index in [0.717, 1.165) is 11.3 Å². The van der Waals surface area contributed by atoms with Gasteiger partial charge in [0.15, 0.2) is 0 Å². The second-order valence-corrected chi connectivity index (χ2v) is 5.03. The van der Waals surface area contributed by atoms with Gasteiger partial charge in [0.1, 0.15) is 0 Å². The molecule has 0 aliphatic rings. The molecule has 0 radical (unpaired) electrons. The van der Waals surface area contributed by atoms with E-state index in [-0.39, 0.29) is 6.10 Å². The predicted molar refractivity (Wildman–Crippen MR) is 81.9 cm³/mol. The van der Waals surface area contributed by atoms with E-state index in [1.807, 2.05) is 44.2 Å². The summed E-state index contributed by atoms with van der Waals surface area (Å²) in [6, 6.07) is 16.0. The molecule has 0 aromatic heterocycles. The number of aryl methyl sites for hydroxylation is 1. The van der Waals surface area contributed by atoms with Gasteiger partial charge in [-0.15, -0.1) is 0 Å². The molecule has 0 atom stereocenters. The van der Waals surface area contributed by atoms with Crippen molar-refractivity contribution in [1.82, 2.24) is 0 Å². The lowest BCUT2D eigenvalue weighted by Crippen LogP contribution is -2.17. The van der Waals surface area contributed by atoms with E-state index in [0.29, 0.717) is 0 Å². The first kappa shape index (κ1) is 14.1. The minimum atomic E-state index is -0.427. The molecule has 3 heteroatoms. The van der Waals surface area contributed by atoms with Gasteiger partial charge in [-0.1, -0.05) is 42.0 Å². The largest absolute Gasteiger partial charge is 0.447 e. The van der Waals surface area contributed by atoms with Gasteiger partial charge in [-0.25, -0.2) is 4.79 Å². The van der Waals surface area contributed by atoms with Crippen LogP contribution in [-0.2, 0) is 4.74 Å². The predicted octanol–water partition coefficient (Wildman–Crippen LogP) is 4.62. The van der Waals surface area contributed by atoms with Crippen molar-refractivity contribution in [3.8, 4) is 11.1 Å². The smallest absolute Gasteiger partial charge is 0.411 e. The molecule has 0 saturated carbocycles. The number of rotatable bonds is 3. The number of nitrogens with one attached hydrogen (secondary N) is 1. The fourth-order valence-electron chi connectivity index (χ4n) is 1.93. The van der Waals surface area contributed by atoms with Gasteiger partial charge in [-0.3, -0.25) is 5.32 Å². The van der Waals surface area contributed by atoms with Gasteiger partial charge in [0.2, 0.25) is 0 Å². The van der Waals surface area contributed by atoms with E-state index in [1.54, 1.807) is 0 Å². The maximum Gasteiger partial charge on any atom is 0.411 e. The van der Waals surface area contributed by atoms with Crippen LogP contribution in [0.3, 0.4) is 0 Å². The highest BCUT2D eigenvalue weighted by Gasteiger charge is 2.05. The number of ether oxygens (including phenoxy) is 1. The Labute approximate surface area is 119 Å². The number of benzene rings is 2. The highest BCUT2D eigenvalue weighted by atomic mass is 16.6. The van der Waals surface area contributed by atoms with Crippen molar-refractivity contribution in [3.63, 3.8) is 0 Å². The normalized spacial score (nSPS) is 10.4. The molecule has 3 nitrogen and oxygen atoms in total. The van der Waals surface area contributed by atoms with Crippen LogP contribution in [0.1, 0.15) is 19.4 Å². The number of hydrogen-bond acceptors (Lipinski definition) is 2. The number of anilines is 1. The Morgan fingerprint density at radius 2 is 1.75 bits per heavy atom. The zero-order valence-corrected chi connectivity index (χ0v) is 12.0. The van der Waals surface area contributed by atoms with E-state index in [4.69, 9.17) is 4.74 Å². The van der Waals surface area contributed by atoms with Crippen LogP contribution in [0.4, 0.5) is 10.5 Å². The SMILES string of the molecule is Cc1cccc(-c2ccc(NC(=O)OC(C)C)cc2)c1. The summed E-state index contributed by atoms with van der Waals surface area (Å²) < 4.78 is 5.03. The van der Waals surface area contributed by atoms with Gasteiger partial charge in [0.05, 0.1) is 6.10 Å². The minimum absolute atomic E-state index is 0.124. The zero-order valence-electron chi connectivity index (χ0n) is 12.0. The summed E-state index contributed by atoms with van der Waals surface area (Å²) in [5.74, 6) is 0. The molecule has 20 heavy (non-hydrogen) atoms. The highest BCUT2D eigenvalue weighted by molar-refractivity contribution is 5.85. The van der Waals surface area contributed by atoms with Crippen molar-refractivity contribution >= 4 is 11.8 Å². The van der Waals surface area contributed by atoms with Crippen molar-refractivity contribution in [2.75, 3.05) is 5.32 Å². The zero-order chi connectivity index (χ0) is 14.5. The molecular formula is C17H19NO2.